The van der Waals surface area contributed by atoms with E-state index >= 15 is 0 Å². The molecule has 3 nitrogen and oxygen atoms in total. The van der Waals surface area contributed by atoms with Gasteiger partial charge >= 0.3 is 0 Å². The molecule has 0 saturated heterocycles. The standard InChI is InChI=1S/C14H25N3/c1-6-10(3)8-14(15-5)12-9-11(4)16-17-13(12)7-2/h9-10,14-15H,6-8H2,1-5H3. The van der Waals surface area contributed by atoms with Crippen LogP contribution in [0.5, 0.6) is 0 Å². The van der Waals surface area contributed by atoms with Crippen LogP contribution in [0, 0.1) is 12.8 Å². The maximum absolute atomic E-state index is 4.31. The fourth-order valence-corrected chi connectivity index (χ4v) is 2.08. The van der Waals surface area contributed by atoms with Gasteiger partial charge in [0, 0.05) is 6.04 Å². The maximum Gasteiger partial charge on any atom is 0.0676 e. The van der Waals surface area contributed by atoms with Gasteiger partial charge in [0.05, 0.1) is 11.4 Å². The first-order valence-corrected chi connectivity index (χ1v) is 6.62. The molecule has 1 rings (SSSR count). The topological polar surface area (TPSA) is 37.8 Å². The van der Waals surface area contributed by atoms with Crippen molar-refractivity contribution in [1.82, 2.24) is 15.5 Å². The summed E-state index contributed by atoms with van der Waals surface area (Å²) < 4.78 is 0. The molecule has 0 saturated carbocycles. The third-order valence-corrected chi connectivity index (χ3v) is 3.42. The monoisotopic (exact) mass is 235 g/mol. The lowest BCUT2D eigenvalue weighted by Gasteiger charge is -2.22. The quantitative estimate of drug-likeness (QED) is 0.823. The molecule has 17 heavy (non-hydrogen) atoms. The average Bonchev–Trinajstić information content (AvgIpc) is 2.35. The van der Waals surface area contributed by atoms with Crippen LogP contribution >= 0.6 is 0 Å². The predicted octanol–water partition coefficient (Wildman–Crippen LogP) is 3.04. The van der Waals surface area contributed by atoms with Crippen molar-refractivity contribution in [1.29, 1.82) is 0 Å². The minimum atomic E-state index is 0.397. The van der Waals surface area contributed by atoms with Crippen LogP contribution in [0.25, 0.3) is 0 Å². The molecular formula is C14H25N3. The molecule has 0 spiro atoms. The molecule has 0 aliphatic carbocycles. The van der Waals surface area contributed by atoms with Crippen molar-refractivity contribution in [3.63, 3.8) is 0 Å². The van der Waals surface area contributed by atoms with Gasteiger partial charge in [-0.25, -0.2) is 0 Å². The summed E-state index contributed by atoms with van der Waals surface area (Å²) in [5, 5.41) is 11.9. The molecule has 0 radical (unpaired) electrons. The number of nitrogens with zero attached hydrogens (tertiary/aromatic N) is 2. The van der Waals surface area contributed by atoms with Crippen molar-refractivity contribution in [3.8, 4) is 0 Å². The Labute approximate surface area is 105 Å². The van der Waals surface area contributed by atoms with Crippen molar-refractivity contribution < 1.29 is 0 Å². The van der Waals surface area contributed by atoms with Gasteiger partial charge in [-0.2, -0.15) is 10.2 Å². The molecule has 1 aromatic heterocycles. The van der Waals surface area contributed by atoms with E-state index in [0.29, 0.717) is 6.04 Å². The molecule has 2 unspecified atom stereocenters. The van der Waals surface area contributed by atoms with Gasteiger partial charge < -0.3 is 5.32 Å². The second-order valence-electron chi connectivity index (χ2n) is 4.83. The summed E-state index contributed by atoms with van der Waals surface area (Å²) in [5.74, 6) is 0.727. The first-order chi connectivity index (χ1) is 8.12. The van der Waals surface area contributed by atoms with Crippen molar-refractivity contribution in [2.24, 2.45) is 5.92 Å². The molecule has 1 aromatic rings. The van der Waals surface area contributed by atoms with E-state index in [1.54, 1.807) is 0 Å². The second kappa shape index (κ2) is 6.70. The van der Waals surface area contributed by atoms with E-state index in [1.165, 1.54) is 12.0 Å². The average molecular weight is 235 g/mol. The summed E-state index contributed by atoms with van der Waals surface area (Å²) in [5.41, 5.74) is 3.45. The first-order valence-electron chi connectivity index (χ1n) is 6.62. The summed E-state index contributed by atoms with van der Waals surface area (Å²) in [6, 6.07) is 2.57. The zero-order valence-electron chi connectivity index (χ0n) is 11.7. The van der Waals surface area contributed by atoms with E-state index in [2.05, 4.69) is 42.4 Å². The van der Waals surface area contributed by atoms with Gasteiger partial charge in [-0.3, -0.25) is 0 Å². The van der Waals surface area contributed by atoms with Crippen LogP contribution in [0.1, 0.15) is 56.6 Å². The molecule has 3 heteroatoms. The van der Waals surface area contributed by atoms with Gasteiger partial charge in [0.25, 0.3) is 0 Å². The fourth-order valence-electron chi connectivity index (χ4n) is 2.08. The minimum absolute atomic E-state index is 0.397. The van der Waals surface area contributed by atoms with E-state index in [1.807, 2.05) is 14.0 Å². The van der Waals surface area contributed by atoms with Crippen LogP contribution in [0.3, 0.4) is 0 Å². The van der Waals surface area contributed by atoms with Gasteiger partial charge in [0.15, 0.2) is 0 Å². The lowest BCUT2D eigenvalue weighted by molar-refractivity contribution is 0.418. The molecule has 0 aromatic carbocycles. The molecule has 0 bridgehead atoms. The molecule has 0 amide bonds. The normalized spacial score (nSPS) is 14.6. The largest absolute Gasteiger partial charge is 0.313 e. The number of hydrogen-bond acceptors (Lipinski definition) is 3. The van der Waals surface area contributed by atoms with Gasteiger partial charge in [-0.15, -0.1) is 0 Å². The highest BCUT2D eigenvalue weighted by Gasteiger charge is 2.17. The van der Waals surface area contributed by atoms with Gasteiger partial charge in [-0.05, 0) is 44.4 Å². The van der Waals surface area contributed by atoms with Gasteiger partial charge in [-0.1, -0.05) is 27.2 Å². The van der Waals surface area contributed by atoms with E-state index in [4.69, 9.17) is 0 Å². The maximum atomic E-state index is 4.31. The number of rotatable bonds is 6. The summed E-state index contributed by atoms with van der Waals surface area (Å²) in [7, 11) is 2.03. The highest BCUT2D eigenvalue weighted by molar-refractivity contribution is 5.24. The third-order valence-electron chi connectivity index (χ3n) is 3.42. The molecule has 1 N–H and O–H groups in total. The molecule has 0 fully saturated rings. The van der Waals surface area contributed by atoms with Crippen molar-refractivity contribution in [3.05, 3.63) is 23.0 Å². The molecule has 0 aliphatic heterocycles. The number of aromatic nitrogens is 2. The highest BCUT2D eigenvalue weighted by Crippen LogP contribution is 2.25. The van der Waals surface area contributed by atoms with Gasteiger partial charge in [0.1, 0.15) is 0 Å². The Morgan fingerprint density at radius 1 is 1.29 bits per heavy atom. The molecule has 0 aliphatic rings. The van der Waals surface area contributed by atoms with E-state index < -0.39 is 0 Å². The predicted molar refractivity (Wildman–Crippen MR) is 72.0 cm³/mol. The van der Waals surface area contributed by atoms with Crippen LogP contribution in [0.4, 0.5) is 0 Å². The van der Waals surface area contributed by atoms with E-state index in [-0.39, 0.29) is 0 Å². The Balaban J connectivity index is 2.97. The van der Waals surface area contributed by atoms with Crippen LogP contribution in [-0.4, -0.2) is 17.2 Å². The number of nitrogens with one attached hydrogen (secondary N) is 1. The Kier molecular flexibility index (Phi) is 5.56. The highest BCUT2D eigenvalue weighted by atomic mass is 15.1. The van der Waals surface area contributed by atoms with Crippen LogP contribution in [0.2, 0.25) is 0 Å². The lowest BCUT2D eigenvalue weighted by atomic mass is 9.93. The zero-order valence-corrected chi connectivity index (χ0v) is 11.7. The van der Waals surface area contributed by atoms with Crippen molar-refractivity contribution in [2.45, 2.75) is 53.0 Å². The molecule has 96 valence electrons. The van der Waals surface area contributed by atoms with E-state index in [9.17, 15) is 0 Å². The summed E-state index contributed by atoms with van der Waals surface area (Å²) >= 11 is 0. The number of aryl methyl sites for hydroxylation is 2. The Bertz CT molecular complexity index is 349. The Hall–Kier alpha value is -0.960. The fraction of sp³-hybridized carbons (Fsp3) is 0.714. The summed E-state index contributed by atoms with van der Waals surface area (Å²) in [6.45, 7) is 8.69. The van der Waals surface area contributed by atoms with Crippen molar-refractivity contribution >= 4 is 0 Å². The lowest BCUT2D eigenvalue weighted by Crippen LogP contribution is -2.21. The SMILES string of the molecule is CCc1nnc(C)cc1C(CC(C)CC)NC. The van der Waals surface area contributed by atoms with Crippen LogP contribution < -0.4 is 5.32 Å². The smallest absolute Gasteiger partial charge is 0.0676 e. The van der Waals surface area contributed by atoms with Gasteiger partial charge in [0.2, 0.25) is 0 Å². The Morgan fingerprint density at radius 3 is 2.53 bits per heavy atom. The molecule has 1 heterocycles. The van der Waals surface area contributed by atoms with Crippen LogP contribution in [-0.2, 0) is 6.42 Å². The summed E-state index contributed by atoms with van der Waals surface area (Å²) in [4.78, 5) is 0. The molecular weight excluding hydrogens is 210 g/mol. The molecule has 2 atom stereocenters. The van der Waals surface area contributed by atoms with E-state index in [0.717, 1.165) is 30.1 Å². The minimum Gasteiger partial charge on any atom is -0.313 e. The van der Waals surface area contributed by atoms with Crippen molar-refractivity contribution in [2.75, 3.05) is 7.05 Å². The number of hydrogen-bond donors (Lipinski definition) is 1. The zero-order chi connectivity index (χ0) is 12.8. The summed E-state index contributed by atoms with van der Waals surface area (Å²) in [6.07, 6.45) is 3.32. The third kappa shape index (κ3) is 3.77. The van der Waals surface area contributed by atoms with Crippen LogP contribution in [0.15, 0.2) is 6.07 Å². The second-order valence-corrected chi connectivity index (χ2v) is 4.83. The Morgan fingerprint density at radius 2 is 2.00 bits per heavy atom. The first kappa shape index (κ1) is 14.1.